The minimum atomic E-state index is -1.19. The summed E-state index contributed by atoms with van der Waals surface area (Å²) < 4.78 is 0. The molecule has 0 radical (unpaired) electrons. The van der Waals surface area contributed by atoms with E-state index in [2.05, 4.69) is 5.32 Å². The molecule has 1 unspecified atom stereocenters. The molecule has 0 saturated carbocycles. The van der Waals surface area contributed by atoms with Gasteiger partial charge in [-0.05, 0) is 26.8 Å². The Bertz CT molecular complexity index is 313. The first-order valence-corrected chi connectivity index (χ1v) is 4.72. The van der Waals surface area contributed by atoms with Crippen LogP contribution in [0.25, 0.3) is 0 Å². The fraction of sp³-hybridized carbons (Fsp3) is 0.455. The molecule has 86 valence electrons. The Balaban J connectivity index is 0.00000196. The van der Waals surface area contributed by atoms with E-state index in [-0.39, 0.29) is 24.2 Å². The molecule has 3 nitrogen and oxygen atoms in total. The lowest BCUT2D eigenvalue weighted by Crippen LogP contribution is -2.43. The lowest BCUT2D eigenvalue weighted by Gasteiger charge is -2.28. The van der Waals surface area contributed by atoms with Gasteiger partial charge >= 0.3 is 0 Å². The van der Waals surface area contributed by atoms with Gasteiger partial charge in [0.05, 0.1) is 0 Å². The van der Waals surface area contributed by atoms with Crippen LogP contribution >= 0.6 is 12.4 Å². The number of phenolic OH excluding ortho intramolecular Hbond substituents is 1. The van der Waals surface area contributed by atoms with E-state index in [0.29, 0.717) is 5.56 Å². The van der Waals surface area contributed by atoms with Gasteiger partial charge in [-0.3, -0.25) is 5.32 Å². The second-order valence-corrected chi connectivity index (χ2v) is 3.89. The van der Waals surface area contributed by atoms with Crippen molar-refractivity contribution in [3.8, 4) is 5.75 Å². The Labute approximate surface area is 96.5 Å². The summed E-state index contributed by atoms with van der Waals surface area (Å²) >= 11 is 0. The Morgan fingerprint density at radius 2 is 1.80 bits per heavy atom. The summed E-state index contributed by atoms with van der Waals surface area (Å²) in [5.74, 6) is 0.102. The van der Waals surface area contributed by atoms with Crippen molar-refractivity contribution in [3.63, 3.8) is 0 Å². The SMILES string of the molecule is CC(C)NC(C)(O)c1ccccc1O.Cl. The Kier molecular flexibility index (Phi) is 5.08. The molecular weight excluding hydrogens is 214 g/mol. The molecule has 3 N–H and O–H groups in total. The molecule has 0 aromatic heterocycles. The highest BCUT2D eigenvalue weighted by Crippen LogP contribution is 2.26. The van der Waals surface area contributed by atoms with Crippen LogP contribution < -0.4 is 5.32 Å². The third-order valence-electron chi connectivity index (χ3n) is 2.00. The Morgan fingerprint density at radius 1 is 1.27 bits per heavy atom. The van der Waals surface area contributed by atoms with E-state index >= 15 is 0 Å². The average molecular weight is 232 g/mol. The normalized spacial score (nSPS) is 14.5. The van der Waals surface area contributed by atoms with E-state index < -0.39 is 5.72 Å². The maximum Gasteiger partial charge on any atom is 0.143 e. The summed E-state index contributed by atoms with van der Waals surface area (Å²) in [6.07, 6.45) is 0. The van der Waals surface area contributed by atoms with Crippen LogP contribution in [0.2, 0.25) is 0 Å². The molecule has 0 spiro atoms. The molecule has 1 rings (SSSR count). The summed E-state index contributed by atoms with van der Waals surface area (Å²) in [5.41, 5.74) is -0.701. The second-order valence-electron chi connectivity index (χ2n) is 3.89. The van der Waals surface area contributed by atoms with Crippen molar-refractivity contribution >= 4 is 12.4 Å². The number of hydrogen-bond acceptors (Lipinski definition) is 3. The van der Waals surface area contributed by atoms with Gasteiger partial charge in [-0.15, -0.1) is 12.4 Å². The topological polar surface area (TPSA) is 52.5 Å². The first kappa shape index (κ1) is 14.2. The van der Waals surface area contributed by atoms with Crippen LogP contribution in [0.3, 0.4) is 0 Å². The maximum absolute atomic E-state index is 10.1. The highest BCUT2D eigenvalue weighted by molar-refractivity contribution is 5.85. The molecule has 0 aliphatic rings. The molecule has 4 heteroatoms. The predicted molar refractivity (Wildman–Crippen MR) is 63.2 cm³/mol. The molecule has 0 saturated heterocycles. The van der Waals surface area contributed by atoms with Crippen molar-refractivity contribution in [1.82, 2.24) is 5.32 Å². The third kappa shape index (κ3) is 3.70. The van der Waals surface area contributed by atoms with E-state index in [1.807, 2.05) is 13.8 Å². The summed E-state index contributed by atoms with van der Waals surface area (Å²) in [7, 11) is 0. The van der Waals surface area contributed by atoms with Crippen LogP contribution in [0.15, 0.2) is 24.3 Å². The largest absolute Gasteiger partial charge is 0.508 e. The van der Waals surface area contributed by atoms with E-state index in [1.54, 1.807) is 31.2 Å². The lowest BCUT2D eigenvalue weighted by atomic mass is 10.0. The van der Waals surface area contributed by atoms with Crippen molar-refractivity contribution in [2.45, 2.75) is 32.5 Å². The zero-order chi connectivity index (χ0) is 10.8. The molecule has 0 fully saturated rings. The smallest absolute Gasteiger partial charge is 0.143 e. The minimum absolute atomic E-state index is 0. The Morgan fingerprint density at radius 3 is 2.27 bits per heavy atom. The number of rotatable bonds is 3. The van der Waals surface area contributed by atoms with Gasteiger partial charge in [-0.2, -0.15) is 0 Å². The van der Waals surface area contributed by atoms with Crippen LogP contribution in [0, 0.1) is 0 Å². The van der Waals surface area contributed by atoms with E-state index in [9.17, 15) is 10.2 Å². The summed E-state index contributed by atoms with van der Waals surface area (Å²) in [5, 5.41) is 22.6. The van der Waals surface area contributed by atoms with Crippen LogP contribution in [-0.2, 0) is 5.72 Å². The van der Waals surface area contributed by atoms with Crippen molar-refractivity contribution < 1.29 is 10.2 Å². The van der Waals surface area contributed by atoms with Gasteiger partial charge in [0, 0.05) is 11.6 Å². The van der Waals surface area contributed by atoms with Crippen LogP contribution in [0.4, 0.5) is 0 Å². The predicted octanol–water partition coefficient (Wildman–Crippen LogP) is 1.98. The standard InChI is InChI=1S/C11H17NO2.ClH/c1-8(2)12-11(3,14)9-6-4-5-7-10(9)13;/h4-8,12-14H,1-3H3;1H. The number of aromatic hydroxyl groups is 1. The molecule has 0 aliphatic carbocycles. The van der Waals surface area contributed by atoms with Crippen molar-refractivity contribution in [2.24, 2.45) is 0 Å². The van der Waals surface area contributed by atoms with E-state index in [1.165, 1.54) is 0 Å². The zero-order valence-corrected chi connectivity index (χ0v) is 10.0. The van der Waals surface area contributed by atoms with Gasteiger partial charge < -0.3 is 10.2 Å². The molecule has 0 aliphatic heterocycles. The van der Waals surface area contributed by atoms with Crippen LogP contribution in [-0.4, -0.2) is 16.3 Å². The lowest BCUT2D eigenvalue weighted by molar-refractivity contribution is 0.00971. The molecule has 15 heavy (non-hydrogen) atoms. The molecule has 0 amide bonds. The van der Waals surface area contributed by atoms with Crippen molar-refractivity contribution in [1.29, 1.82) is 0 Å². The van der Waals surface area contributed by atoms with Crippen molar-refractivity contribution in [2.75, 3.05) is 0 Å². The molecule has 0 bridgehead atoms. The summed E-state index contributed by atoms with van der Waals surface area (Å²) in [6.45, 7) is 5.50. The quantitative estimate of drug-likeness (QED) is 0.698. The Hall–Kier alpha value is -0.770. The highest BCUT2D eigenvalue weighted by atomic mass is 35.5. The van der Waals surface area contributed by atoms with Gasteiger partial charge in [0.1, 0.15) is 11.5 Å². The number of para-hydroxylation sites is 1. The number of aliphatic hydroxyl groups is 1. The number of nitrogens with one attached hydrogen (secondary N) is 1. The first-order valence-electron chi connectivity index (χ1n) is 4.72. The first-order chi connectivity index (χ1) is 6.43. The third-order valence-corrected chi connectivity index (χ3v) is 2.00. The highest BCUT2D eigenvalue weighted by Gasteiger charge is 2.25. The average Bonchev–Trinajstić information content (AvgIpc) is 2.02. The number of benzene rings is 1. The molecule has 1 atom stereocenters. The maximum atomic E-state index is 10.1. The van der Waals surface area contributed by atoms with Crippen LogP contribution in [0.1, 0.15) is 26.3 Å². The molecular formula is C11H18ClNO2. The van der Waals surface area contributed by atoms with Gasteiger partial charge in [-0.25, -0.2) is 0 Å². The van der Waals surface area contributed by atoms with Gasteiger partial charge in [-0.1, -0.05) is 18.2 Å². The fourth-order valence-electron chi connectivity index (χ4n) is 1.53. The number of hydrogen-bond donors (Lipinski definition) is 3. The summed E-state index contributed by atoms with van der Waals surface area (Å²) in [4.78, 5) is 0. The van der Waals surface area contributed by atoms with Crippen LogP contribution in [0.5, 0.6) is 5.75 Å². The second kappa shape index (κ2) is 5.35. The minimum Gasteiger partial charge on any atom is -0.508 e. The molecule has 1 aromatic rings. The zero-order valence-electron chi connectivity index (χ0n) is 9.19. The van der Waals surface area contributed by atoms with E-state index in [4.69, 9.17) is 0 Å². The number of halogens is 1. The van der Waals surface area contributed by atoms with Gasteiger partial charge in [0.2, 0.25) is 0 Å². The molecule has 1 aromatic carbocycles. The van der Waals surface area contributed by atoms with Gasteiger partial charge in [0.25, 0.3) is 0 Å². The van der Waals surface area contributed by atoms with Gasteiger partial charge in [0.15, 0.2) is 0 Å². The number of phenols is 1. The van der Waals surface area contributed by atoms with E-state index in [0.717, 1.165) is 0 Å². The monoisotopic (exact) mass is 231 g/mol. The van der Waals surface area contributed by atoms with Crippen molar-refractivity contribution in [3.05, 3.63) is 29.8 Å². The molecule has 0 heterocycles. The summed E-state index contributed by atoms with van der Waals surface area (Å²) in [6, 6.07) is 6.91. The fourth-order valence-corrected chi connectivity index (χ4v) is 1.53.